The molecule has 3 aromatic carbocycles. The molecule has 0 atom stereocenters. The molecular formula is C25H25FN6O2. The molecular weight excluding hydrogens is 435 g/mol. The van der Waals surface area contributed by atoms with Crippen molar-refractivity contribution in [2.75, 3.05) is 23.3 Å². The molecule has 0 radical (unpaired) electrons. The van der Waals surface area contributed by atoms with Gasteiger partial charge in [-0.15, -0.1) is 10.2 Å². The van der Waals surface area contributed by atoms with E-state index in [1.165, 1.54) is 12.1 Å². The lowest BCUT2D eigenvalue weighted by molar-refractivity contribution is 0.102. The van der Waals surface area contributed by atoms with E-state index in [0.717, 1.165) is 42.4 Å². The molecule has 1 saturated heterocycles. The second-order valence-electron chi connectivity index (χ2n) is 8.60. The van der Waals surface area contributed by atoms with Gasteiger partial charge in [0.2, 0.25) is 5.82 Å². The van der Waals surface area contributed by atoms with E-state index >= 15 is 0 Å². The molecule has 4 aromatic rings. The van der Waals surface area contributed by atoms with Crippen molar-refractivity contribution in [1.82, 2.24) is 20.6 Å². The minimum atomic E-state index is -0.420. The van der Waals surface area contributed by atoms with Crippen molar-refractivity contribution in [3.8, 4) is 5.75 Å². The van der Waals surface area contributed by atoms with E-state index in [9.17, 15) is 9.18 Å². The number of carbonyl (C=O) groups is 1. The molecule has 0 unspecified atom stereocenters. The first-order valence-corrected chi connectivity index (χ1v) is 11.3. The molecule has 0 aliphatic carbocycles. The molecule has 2 N–H and O–H groups in total. The van der Waals surface area contributed by atoms with Crippen molar-refractivity contribution in [3.05, 3.63) is 71.8 Å². The lowest BCUT2D eigenvalue weighted by Gasteiger charge is -2.32. The highest BCUT2D eigenvalue weighted by molar-refractivity contribution is 6.10. The monoisotopic (exact) mass is 460 g/mol. The van der Waals surface area contributed by atoms with E-state index in [1.807, 2.05) is 24.3 Å². The average molecular weight is 461 g/mol. The van der Waals surface area contributed by atoms with Gasteiger partial charge in [-0.3, -0.25) is 4.79 Å². The zero-order chi connectivity index (χ0) is 23.5. The van der Waals surface area contributed by atoms with E-state index in [-0.39, 0.29) is 18.1 Å². The van der Waals surface area contributed by atoms with Crippen LogP contribution >= 0.6 is 0 Å². The fourth-order valence-corrected chi connectivity index (χ4v) is 4.24. The molecule has 1 aromatic heterocycles. The number of halogens is 1. The van der Waals surface area contributed by atoms with Crippen LogP contribution in [0.15, 0.2) is 54.6 Å². The number of nitrogens with zero attached hydrogens (tertiary/aromatic N) is 4. The van der Waals surface area contributed by atoms with Crippen LogP contribution < -0.4 is 15.0 Å². The number of hydrogen-bond acceptors (Lipinski definition) is 6. The van der Waals surface area contributed by atoms with E-state index in [4.69, 9.17) is 4.74 Å². The van der Waals surface area contributed by atoms with E-state index in [1.54, 1.807) is 18.2 Å². The van der Waals surface area contributed by atoms with Crippen molar-refractivity contribution in [3.63, 3.8) is 0 Å². The van der Waals surface area contributed by atoms with Crippen LogP contribution in [0.25, 0.3) is 10.8 Å². The Bertz CT molecular complexity index is 1300. The molecule has 1 aliphatic heterocycles. The summed E-state index contributed by atoms with van der Waals surface area (Å²) in [6, 6.07) is 15.7. The summed E-state index contributed by atoms with van der Waals surface area (Å²) in [6.45, 7) is 4.12. The van der Waals surface area contributed by atoms with Crippen LogP contribution in [-0.4, -0.2) is 39.6 Å². The Morgan fingerprint density at radius 3 is 2.71 bits per heavy atom. The number of piperidine rings is 1. The molecule has 0 spiro atoms. The fourth-order valence-electron chi connectivity index (χ4n) is 4.24. The molecule has 1 amide bonds. The Morgan fingerprint density at radius 2 is 1.94 bits per heavy atom. The maximum absolute atomic E-state index is 14.4. The van der Waals surface area contributed by atoms with Crippen LogP contribution in [0, 0.1) is 11.7 Å². The van der Waals surface area contributed by atoms with Crippen LogP contribution in [0.1, 0.15) is 35.9 Å². The first-order valence-electron chi connectivity index (χ1n) is 11.3. The van der Waals surface area contributed by atoms with Crippen LogP contribution in [0.4, 0.5) is 15.8 Å². The summed E-state index contributed by atoms with van der Waals surface area (Å²) < 4.78 is 20.3. The van der Waals surface area contributed by atoms with Crippen molar-refractivity contribution in [2.45, 2.75) is 26.4 Å². The highest BCUT2D eigenvalue weighted by Crippen LogP contribution is 2.32. The van der Waals surface area contributed by atoms with Gasteiger partial charge in [-0.05, 0) is 49.1 Å². The van der Waals surface area contributed by atoms with Gasteiger partial charge in [0, 0.05) is 40.8 Å². The topological polar surface area (TPSA) is 96.0 Å². The number of aromatic nitrogens is 4. The predicted molar refractivity (Wildman–Crippen MR) is 127 cm³/mol. The van der Waals surface area contributed by atoms with Crippen LogP contribution in [-0.2, 0) is 6.61 Å². The molecule has 9 heteroatoms. The zero-order valence-corrected chi connectivity index (χ0v) is 18.8. The third-order valence-corrected chi connectivity index (χ3v) is 6.17. The number of carbonyl (C=O) groups excluding carboxylic acids is 1. The van der Waals surface area contributed by atoms with Gasteiger partial charge in [-0.2, -0.15) is 5.21 Å². The Hall–Kier alpha value is -4.01. The second-order valence-corrected chi connectivity index (χ2v) is 8.60. The highest BCUT2D eigenvalue weighted by Gasteiger charge is 2.19. The van der Waals surface area contributed by atoms with E-state index < -0.39 is 5.82 Å². The number of rotatable bonds is 6. The zero-order valence-electron chi connectivity index (χ0n) is 18.8. The number of anilines is 2. The number of nitrogens with one attached hydrogen (secondary N) is 2. The number of tetrazole rings is 1. The molecule has 0 bridgehead atoms. The lowest BCUT2D eigenvalue weighted by atomic mass is 9.98. The third kappa shape index (κ3) is 4.68. The van der Waals surface area contributed by atoms with Crippen LogP contribution in [0.2, 0.25) is 0 Å². The predicted octanol–water partition coefficient (Wildman–Crippen LogP) is 4.56. The van der Waals surface area contributed by atoms with Crippen LogP contribution in [0.5, 0.6) is 5.75 Å². The quantitative estimate of drug-likeness (QED) is 0.438. The number of aromatic amines is 1. The molecule has 1 fully saturated rings. The summed E-state index contributed by atoms with van der Waals surface area (Å²) in [7, 11) is 0. The summed E-state index contributed by atoms with van der Waals surface area (Å²) in [6.07, 6.45) is 2.12. The van der Waals surface area contributed by atoms with Gasteiger partial charge < -0.3 is 15.0 Å². The maximum atomic E-state index is 14.4. The van der Waals surface area contributed by atoms with Crippen molar-refractivity contribution < 1.29 is 13.9 Å². The maximum Gasteiger partial charge on any atom is 0.255 e. The SMILES string of the molecule is CC1CCN(c2cc(F)cc(C(=O)Nc3ccc(OCc4nn[nH]n4)c4ccccc34)c2)CC1. The molecule has 34 heavy (non-hydrogen) atoms. The van der Waals surface area contributed by atoms with Gasteiger partial charge in [-0.25, -0.2) is 4.39 Å². The number of fused-ring (bicyclic) bond motifs is 1. The second kappa shape index (κ2) is 9.46. The van der Waals surface area contributed by atoms with Gasteiger partial charge in [0.1, 0.15) is 11.6 Å². The summed E-state index contributed by atoms with van der Waals surface area (Å²) in [5.74, 6) is 0.949. The Kier molecular flexibility index (Phi) is 6.07. The normalized spacial score (nSPS) is 14.4. The van der Waals surface area contributed by atoms with Crippen molar-refractivity contribution >= 4 is 28.1 Å². The summed E-state index contributed by atoms with van der Waals surface area (Å²) in [4.78, 5) is 15.3. The minimum absolute atomic E-state index is 0.160. The molecule has 1 aliphatic rings. The summed E-state index contributed by atoms with van der Waals surface area (Å²) in [5.41, 5.74) is 1.65. The Labute approximate surface area is 196 Å². The molecule has 8 nitrogen and oxygen atoms in total. The van der Waals surface area contributed by atoms with Crippen molar-refractivity contribution in [2.24, 2.45) is 5.92 Å². The van der Waals surface area contributed by atoms with Gasteiger partial charge in [0.05, 0.1) is 0 Å². The van der Waals surface area contributed by atoms with Crippen molar-refractivity contribution in [1.29, 1.82) is 0 Å². The fraction of sp³-hybridized carbons (Fsp3) is 0.280. The van der Waals surface area contributed by atoms with E-state index in [0.29, 0.717) is 23.2 Å². The van der Waals surface area contributed by atoms with Gasteiger partial charge in [0.25, 0.3) is 5.91 Å². The number of amides is 1. The Morgan fingerprint density at radius 1 is 1.15 bits per heavy atom. The molecule has 174 valence electrons. The van der Waals surface area contributed by atoms with Gasteiger partial charge in [0.15, 0.2) is 6.61 Å². The standard InChI is InChI=1S/C25H25FN6O2/c1-16-8-10-32(11-9-16)19-13-17(12-18(26)14-19)25(33)27-22-6-7-23(21-5-3-2-4-20(21)22)34-15-24-28-30-31-29-24/h2-7,12-14,16H,8-11,15H2,1H3,(H,27,33)(H,28,29,30,31). The number of ether oxygens (including phenoxy) is 1. The minimum Gasteiger partial charge on any atom is -0.485 e. The summed E-state index contributed by atoms with van der Waals surface area (Å²) in [5, 5.41) is 18.3. The largest absolute Gasteiger partial charge is 0.485 e. The first kappa shape index (κ1) is 21.8. The lowest BCUT2D eigenvalue weighted by Crippen LogP contribution is -2.33. The number of benzene rings is 3. The third-order valence-electron chi connectivity index (χ3n) is 6.17. The highest BCUT2D eigenvalue weighted by atomic mass is 19.1. The molecule has 0 saturated carbocycles. The number of H-pyrrole nitrogens is 1. The van der Waals surface area contributed by atoms with Gasteiger partial charge in [-0.1, -0.05) is 36.4 Å². The van der Waals surface area contributed by atoms with Gasteiger partial charge >= 0.3 is 0 Å². The van der Waals surface area contributed by atoms with Crippen LogP contribution in [0.3, 0.4) is 0 Å². The smallest absolute Gasteiger partial charge is 0.255 e. The van der Waals surface area contributed by atoms with E-state index in [2.05, 4.69) is 37.8 Å². The molecule has 5 rings (SSSR count). The average Bonchev–Trinajstić information content (AvgIpc) is 3.37. The Balaban J connectivity index is 1.38. The molecule has 2 heterocycles. The number of hydrogen-bond donors (Lipinski definition) is 2. The first-order chi connectivity index (χ1) is 16.6. The summed E-state index contributed by atoms with van der Waals surface area (Å²) >= 11 is 0.